The molecule has 4 fully saturated rings. The molecule has 4 aromatic carbocycles. The molecule has 1 amide bonds. The predicted molar refractivity (Wildman–Crippen MR) is 253 cm³/mol. The molecule has 0 radical (unpaired) electrons. The molecule has 0 spiro atoms. The van der Waals surface area contributed by atoms with Gasteiger partial charge in [-0.3, -0.25) is 19.1 Å². The molecule has 6 aromatic rings. The van der Waals surface area contributed by atoms with Crippen LogP contribution < -0.4 is 9.44 Å². The van der Waals surface area contributed by atoms with E-state index in [-0.39, 0.29) is 16.7 Å². The van der Waals surface area contributed by atoms with Gasteiger partial charge in [-0.1, -0.05) is 92.7 Å². The number of para-hydroxylation sites is 2. The third-order valence-electron chi connectivity index (χ3n) is 13.8. The fourth-order valence-corrected chi connectivity index (χ4v) is 11.3. The highest BCUT2D eigenvalue weighted by atomic mass is 32.2. The van der Waals surface area contributed by atoms with Crippen LogP contribution in [0.2, 0.25) is 0 Å². The number of piperidine rings is 2. The quantitative estimate of drug-likeness (QED) is 0.126. The summed E-state index contributed by atoms with van der Waals surface area (Å²) >= 11 is 0. The van der Waals surface area contributed by atoms with Crippen molar-refractivity contribution < 1.29 is 21.6 Å². The lowest BCUT2D eigenvalue weighted by Gasteiger charge is -2.24. The Hall–Kier alpha value is -5.89. The van der Waals surface area contributed by atoms with Gasteiger partial charge in [-0.25, -0.2) is 26.8 Å². The van der Waals surface area contributed by atoms with Crippen LogP contribution in [0.3, 0.4) is 0 Å². The van der Waals surface area contributed by atoms with Crippen LogP contribution >= 0.6 is 0 Å². The number of hydrogen-bond donors (Lipinski definition) is 2. The number of likely N-dealkylation sites (tertiary alicyclic amines) is 2. The van der Waals surface area contributed by atoms with Crippen molar-refractivity contribution in [3.05, 3.63) is 156 Å². The third kappa shape index (κ3) is 9.00. The number of aromatic nitrogens is 2. The number of fused-ring (bicyclic) bond motifs is 4. The molecule has 11 nitrogen and oxygen atoms in total. The Morgan fingerprint density at radius 2 is 1.08 bits per heavy atom. The van der Waals surface area contributed by atoms with Crippen LogP contribution in [-0.4, -0.2) is 87.7 Å². The Balaban J connectivity index is 0.000000160. The van der Waals surface area contributed by atoms with E-state index in [1.807, 2.05) is 95.9 Å². The van der Waals surface area contributed by atoms with E-state index in [2.05, 4.69) is 69.6 Å². The minimum atomic E-state index is -3.31. The lowest BCUT2D eigenvalue weighted by atomic mass is 9.92. The maximum atomic E-state index is 12.7. The Labute approximate surface area is 370 Å². The molecular formula is C50H52N6O5S2. The first kappa shape index (κ1) is 42.4. The number of carbonyl (C=O) groups is 1. The maximum absolute atomic E-state index is 12.7. The summed E-state index contributed by atoms with van der Waals surface area (Å²) in [7, 11) is -6.58. The highest BCUT2D eigenvalue weighted by Crippen LogP contribution is 2.64. The fourth-order valence-electron chi connectivity index (χ4n) is 10.2. The predicted octanol–water partition coefficient (Wildman–Crippen LogP) is 7.80. The highest BCUT2D eigenvalue weighted by molar-refractivity contribution is 7.92. The summed E-state index contributed by atoms with van der Waals surface area (Å²) in [5, 5.41) is 2.24. The first-order valence-electron chi connectivity index (χ1n) is 21.3. The van der Waals surface area contributed by atoms with Crippen LogP contribution in [0.4, 0.5) is 11.4 Å². The van der Waals surface area contributed by atoms with Gasteiger partial charge in [0, 0.05) is 71.8 Å². The number of amides is 1. The smallest absolute Gasteiger partial charge is 0.246 e. The number of benzene rings is 4. The Morgan fingerprint density at radius 1 is 0.619 bits per heavy atom. The Bertz CT molecular complexity index is 3000. The topological polar surface area (TPSA) is 142 Å². The van der Waals surface area contributed by atoms with Crippen molar-refractivity contribution in [2.45, 2.75) is 24.7 Å². The zero-order valence-electron chi connectivity index (χ0n) is 35.8. The third-order valence-corrected chi connectivity index (χ3v) is 15.0. The molecule has 324 valence electrons. The van der Waals surface area contributed by atoms with Crippen molar-refractivity contribution in [2.24, 2.45) is 23.7 Å². The van der Waals surface area contributed by atoms with Gasteiger partial charge < -0.3 is 4.90 Å². The van der Waals surface area contributed by atoms with Gasteiger partial charge in [0.15, 0.2) is 0 Å². The van der Waals surface area contributed by atoms with Crippen molar-refractivity contribution in [3.8, 4) is 0 Å². The van der Waals surface area contributed by atoms with Crippen LogP contribution in [0, 0.1) is 23.7 Å². The molecule has 2 aliphatic heterocycles. The van der Waals surface area contributed by atoms with E-state index in [4.69, 9.17) is 4.98 Å². The van der Waals surface area contributed by atoms with E-state index in [1.165, 1.54) is 11.8 Å². The van der Waals surface area contributed by atoms with Gasteiger partial charge in [-0.15, -0.1) is 0 Å². The maximum Gasteiger partial charge on any atom is 0.246 e. The number of hydrogen-bond acceptors (Lipinski definition) is 8. The van der Waals surface area contributed by atoms with Gasteiger partial charge in [-0.2, -0.15) is 0 Å². The Kier molecular flexibility index (Phi) is 11.0. The zero-order chi connectivity index (χ0) is 44.1. The Morgan fingerprint density at radius 3 is 1.57 bits per heavy atom. The van der Waals surface area contributed by atoms with Crippen LogP contribution in [-0.2, 0) is 35.7 Å². The first-order chi connectivity index (χ1) is 30.1. The minimum Gasteiger partial charge on any atom is -0.339 e. The number of carbonyl (C=O) groups excluding carboxylic acids is 1. The van der Waals surface area contributed by atoms with E-state index in [0.717, 1.165) is 64.6 Å². The molecule has 10 rings (SSSR count). The van der Waals surface area contributed by atoms with E-state index in [9.17, 15) is 21.6 Å². The summed E-state index contributed by atoms with van der Waals surface area (Å²) in [6.07, 6.45) is 10.0. The minimum absolute atomic E-state index is 0.00185. The molecule has 2 aliphatic carbocycles. The summed E-state index contributed by atoms with van der Waals surface area (Å²) in [4.78, 5) is 26.4. The van der Waals surface area contributed by atoms with Crippen LogP contribution in [0.15, 0.2) is 133 Å². The molecule has 4 unspecified atom stereocenters. The van der Waals surface area contributed by atoms with Gasteiger partial charge in [0.25, 0.3) is 0 Å². The van der Waals surface area contributed by atoms with Crippen molar-refractivity contribution >= 4 is 71.3 Å². The largest absolute Gasteiger partial charge is 0.339 e. The second-order valence-electron chi connectivity index (χ2n) is 18.0. The van der Waals surface area contributed by atoms with Crippen LogP contribution in [0.25, 0.3) is 34.0 Å². The van der Waals surface area contributed by atoms with Gasteiger partial charge in [0.1, 0.15) is 0 Å². The van der Waals surface area contributed by atoms with E-state index < -0.39 is 20.0 Å². The SMILES string of the molecule is CC1(c2cccc(NS(C)(=O)=O)c2)C2CN(C(=O)/C=C/c3ccc4ccccc4n3)CC21.CC1(c2cccc(NS(C)(=O)=O)c2)C2CN(C/C=C/c3ccc4ccccc4n3)CC21. The van der Waals surface area contributed by atoms with Gasteiger partial charge in [0.05, 0.1) is 34.9 Å². The molecule has 2 saturated carbocycles. The zero-order valence-corrected chi connectivity index (χ0v) is 37.5. The average molecular weight is 881 g/mol. The summed E-state index contributed by atoms with van der Waals surface area (Å²) in [6.45, 7) is 9.00. The molecule has 0 bridgehead atoms. The van der Waals surface area contributed by atoms with E-state index in [1.54, 1.807) is 18.2 Å². The number of nitrogens with zero attached hydrogens (tertiary/aromatic N) is 4. The van der Waals surface area contributed by atoms with Crippen molar-refractivity contribution in [1.82, 2.24) is 19.8 Å². The molecule has 2 aromatic heterocycles. The first-order valence-corrected chi connectivity index (χ1v) is 25.1. The lowest BCUT2D eigenvalue weighted by molar-refractivity contribution is -0.125. The van der Waals surface area contributed by atoms with Gasteiger partial charge in [0.2, 0.25) is 26.0 Å². The average Bonchev–Trinajstić information content (AvgIpc) is 3.71. The van der Waals surface area contributed by atoms with Gasteiger partial charge in [-0.05, 0) is 95.5 Å². The standard InChI is InChI=1S/C25H25N3O3S.C25H27N3O2S/c1-25(18-7-5-8-20(14-18)27-32(2,30)31)21-15-28(16-22(21)25)24(29)13-12-19-11-10-17-6-3-4-9-23(17)26-19;1-25(19-8-5-9-21(15-19)27-31(2,29)30)22-16-28(17-23(22)25)14-6-10-20-13-12-18-7-3-4-11-24(18)26-20/h3-14,21-22,27H,15-16H2,1-2H3;3-13,15,22-23,27H,14,16-17H2,1-2H3/b13-12+;10-6+. The lowest BCUT2D eigenvalue weighted by Crippen LogP contribution is -2.33. The summed E-state index contributed by atoms with van der Waals surface area (Å²) < 4.78 is 51.4. The highest BCUT2D eigenvalue weighted by Gasteiger charge is 2.66. The molecule has 2 saturated heterocycles. The number of pyridine rings is 2. The molecule has 4 atom stereocenters. The van der Waals surface area contributed by atoms with E-state index in [0.29, 0.717) is 48.1 Å². The summed E-state index contributed by atoms with van der Waals surface area (Å²) in [5.74, 6) is 2.00. The van der Waals surface area contributed by atoms with Gasteiger partial charge >= 0.3 is 0 Å². The molecule has 63 heavy (non-hydrogen) atoms. The number of rotatable bonds is 11. The molecule has 4 heterocycles. The molecule has 13 heteroatoms. The summed E-state index contributed by atoms with van der Waals surface area (Å²) in [6, 6.07) is 39.7. The van der Waals surface area contributed by atoms with Crippen LogP contribution in [0.5, 0.6) is 0 Å². The van der Waals surface area contributed by atoms with Crippen molar-refractivity contribution in [3.63, 3.8) is 0 Å². The molecular weight excluding hydrogens is 829 g/mol. The summed E-state index contributed by atoms with van der Waals surface area (Å²) in [5.41, 5.74) is 7.36. The van der Waals surface area contributed by atoms with Crippen molar-refractivity contribution in [1.29, 1.82) is 0 Å². The number of anilines is 2. The fraction of sp³-hybridized carbons (Fsp3) is 0.300. The second kappa shape index (κ2) is 16.3. The number of sulfonamides is 2. The number of nitrogens with one attached hydrogen (secondary N) is 2. The van der Waals surface area contributed by atoms with Crippen LogP contribution in [0.1, 0.15) is 36.4 Å². The molecule has 4 aliphatic rings. The molecule has 2 N–H and O–H groups in total. The normalized spacial score (nSPS) is 25.2. The monoisotopic (exact) mass is 880 g/mol. The van der Waals surface area contributed by atoms with Crippen molar-refractivity contribution in [2.75, 3.05) is 54.7 Å². The second-order valence-corrected chi connectivity index (χ2v) is 21.5. The van der Waals surface area contributed by atoms with E-state index >= 15 is 0 Å².